The Bertz CT molecular complexity index is 1720. The summed E-state index contributed by atoms with van der Waals surface area (Å²) in [6, 6.07) is 9.39. The van der Waals surface area contributed by atoms with Gasteiger partial charge in [-0.25, -0.2) is 14.0 Å². The first kappa shape index (κ1) is 30.7. The van der Waals surface area contributed by atoms with Gasteiger partial charge in [-0.1, -0.05) is 11.6 Å². The first-order valence-corrected chi connectivity index (χ1v) is 14.4. The Morgan fingerprint density at radius 1 is 1.16 bits per heavy atom. The van der Waals surface area contributed by atoms with Crippen LogP contribution >= 0.6 is 22.9 Å². The van der Waals surface area contributed by atoms with Gasteiger partial charge in [0, 0.05) is 45.9 Å². The van der Waals surface area contributed by atoms with Crippen molar-refractivity contribution < 1.29 is 37.1 Å². The van der Waals surface area contributed by atoms with Gasteiger partial charge in [-0.05, 0) is 56.3 Å². The Kier molecular flexibility index (Phi) is 8.38. The van der Waals surface area contributed by atoms with Crippen molar-refractivity contribution in [1.82, 2.24) is 24.7 Å². The number of carbonyl (C=O) groups excluding carboxylic acids is 2. The Labute approximate surface area is 251 Å². The van der Waals surface area contributed by atoms with Crippen LogP contribution in [0, 0.1) is 0 Å². The number of likely N-dealkylation sites (N-methyl/N-ethyl adjacent to an activating group) is 1. The van der Waals surface area contributed by atoms with Gasteiger partial charge in [-0.3, -0.25) is 14.7 Å². The summed E-state index contributed by atoms with van der Waals surface area (Å²) < 4.78 is 50.3. The van der Waals surface area contributed by atoms with Crippen molar-refractivity contribution in [3.8, 4) is 11.1 Å². The van der Waals surface area contributed by atoms with E-state index in [1.807, 2.05) is 41.1 Å². The van der Waals surface area contributed by atoms with Gasteiger partial charge in [0.15, 0.2) is 0 Å². The number of benzene rings is 1. The summed E-state index contributed by atoms with van der Waals surface area (Å²) in [7, 11) is 1.62. The number of alkyl halides is 4. The van der Waals surface area contributed by atoms with Crippen LogP contribution in [0.25, 0.3) is 32.2 Å². The summed E-state index contributed by atoms with van der Waals surface area (Å²) in [4.78, 5) is 41.6. The number of nitrogens with zero attached hydrogens (tertiary/aromatic N) is 4. The van der Waals surface area contributed by atoms with Crippen LogP contribution in [0.2, 0.25) is 5.02 Å². The van der Waals surface area contributed by atoms with E-state index < -0.39 is 17.8 Å². The van der Waals surface area contributed by atoms with Gasteiger partial charge in [0.25, 0.3) is 5.91 Å². The summed E-state index contributed by atoms with van der Waals surface area (Å²) in [5.41, 5.74) is 2.31. The second-order valence-corrected chi connectivity index (χ2v) is 12.0. The zero-order valence-electron chi connectivity index (χ0n) is 22.8. The molecule has 15 heteroatoms. The fourth-order valence-electron chi connectivity index (χ4n) is 5.25. The molecule has 2 aliphatic rings. The van der Waals surface area contributed by atoms with E-state index in [0.717, 1.165) is 37.1 Å². The molecule has 43 heavy (non-hydrogen) atoms. The predicted molar refractivity (Wildman–Crippen MR) is 154 cm³/mol. The quantitative estimate of drug-likeness (QED) is 0.215. The minimum absolute atomic E-state index is 0.0941. The molecule has 4 aromatic rings. The van der Waals surface area contributed by atoms with Gasteiger partial charge in [-0.15, -0.1) is 11.3 Å². The molecule has 0 saturated carbocycles. The number of nitrogens with one attached hydrogen (secondary N) is 1. The molecule has 0 bridgehead atoms. The van der Waals surface area contributed by atoms with Crippen LogP contribution < -0.4 is 5.32 Å². The number of carbonyl (C=O) groups is 3. The lowest BCUT2D eigenvalue weighted by Crippen LogP contribution is -2.41. The molecule has 2 fully saturated rings. The van der Waals surface area contributed by atoms with Gasteiger partial charge < -0.3 is 19.9 Å². The normalized spacial score (nSPS) is 17.1. The van der Waals surface area contributed by atoms with Crippen LogP contribution in [0.3, 0.4) is 0 Å². The fourth-order valence-corrected chi connectivity index (χ4v) is 6.60. The van der Waals surface area contributed by atoms with Crippen LogP contribution in [0.5, 0.6) is 0 Å². The summed E-state index contributed by atoms with van der Waals surface area (Å²) in [6.07, 6.45) is -0.441. The van der Waals surface area contributed by atoms with E-state index in [-0.39, 0.29) is 31.6 Å². The molecule has 3 aromatic heterocycles. The average Bonchev–Trinajstić information content (AvgIpc) is 3.60. The molecule has 3 amide bonds. The topological polar surface area (TPSA) is 108 Å². The van der Waals surface area contributed by atoms with E-state index in [9.17, 15) is 22.8 Å². The maximum absolute atomic E-state index is 15.7. The highest BCUT2D eigenvalue weighted by molar-refractivity contribution is 7.19. The number of hydrogen-bond donors (Lipinski definition) is 2. The van der Waals surface area contributed by atoms with Crippen molar-refractivity contribution in [2.75, 3.05) is 26.7 Å². The molecule has 6 rings (SSSR count). The number of thiophene rings is 1. The molecule has 0 unspecified atom stereocenters. The summed E-state index contributed by atoms with van der Waals surface area (Å²) in [5, 5.41) is 11.9. The summed E-state index contributed by atoms with van der Waals surface area (Å²) in [6.45, 7) is 1.94. The number of carboxylic acid groups (broad SMARTS) is 1. The molecular formula is C28H26ClF4N5O4S. The maximum atomic E-state index is 15.7. The predicted octanol–water partition coefficient (Wildman–Crippen LogP) is 5.69. The van der Waals surface area contributed by atoms with Gasteiger partial charge in [-0.2, -0.15) is 13.2 Å². The summed E-state index contributed by atoms with van der Waals surface area (Å²) in [5.74, 6) is -2.96. The van der Waals surface area contributed by atoms with Crippen molar-refractivity contribution in [1.29, 1.82) is 0 Å². The van der Waals surface area contributed by atoms with Crippen molar-refractivity contribution in [2.24, 2.45) is 0 Å². The van der Waals surface area contributed by atoms with E-state index in [4.69, 9.17) is 21.5 Å². The van der Waals surface area contributed by atoms with E-state index in [2.05, 4.69) is 10.3 Å². The Hall–Kier alpha value is -3.75. The van der Waals surface area contributed by atoms with E-state index in [0.29, 0.717) is 31.0 Å². The van der Waals surface area contributed by atoms with Gasteiger partial charge >= 0.3 is 18.2 Å². The molecule has 0 atom stereocenters. The van der Waals surface area contributed by atoms with Gasteiger partial charge in [0.1, 0.15) is 12.2 Å². The lowest BCUT2D eigenvalue weighted by Gasteiger charge is -2.31. The van der Waals surface area contributed by atoms with Crippen LogP contribution in [-0.4, -0.2) is 80.9 Å². The highest BCUT2D eigenvalue weighted by Crippen LogP contribution is 2.40. The first-order chi connectivity index (χ1) is 20.3. The van der Waals surface area contributed by atoms with Crippen molar-refractivity contribution >= 4 is 62.0 Å². The van der Waals surface area contributed by atoms with E-state index >= 15 is 4.39 Å². The SMILES string of the molecule is CN1CC(=O)N(Cc2cc3nccc(-c4cc(Cl)cc5ccn(CC6(F)CCNCC6)c45)c3s2)C1=O.O=C(O)C(F)(F)F. The molecule has 0 radical (unpaired) electrons. The minimum Gasteiger partial charge on any atom is -0.475 e. The highest BCUT2D eigenvalue weighted by atomic mass is 35.5. The molecule has 1 aromatic carbocycles. The standard InChI is InChI=1S/C26H25ClFN5O2S.C2HF3O2/c1-31-14-22(34)33(25(31)35)13-18-12-21-24(36-18)19(2-6-30-21)20-11-17(27)10-16-3-9-32(23(16)20)15-26(28)4-7-29-8-5-26;3-2(4,5)1(6)7/h2-3,6,9-12,29H,4-5,7-8,13-15H2,1H3;(H,6,7). The zero-order chi connectivity index (χ0) is 31.1. The average molecular weight is 640 g/mol. The Balaban J connectivity index is 0.000000472. The minimum atomic E-state index is -5.08. The fraction of sp³-hybridized carbons (Fsp3) is 0.357. The van der Waals surface area contributed by atoms with Crippen LogP contribution in [0.4, 0.5) is 22.4 Å². The van der Waals surface area contributed by atoms with Crippen molar-refractivity contribution in [3.63, 3.8) is 0 Å². The first-order valence-electron chi connectivity index (χ1n) is 13.2. The largest absolute Gasteiger partial charge is 0.490 e. The highest BCUT2D eigenvalue weighted by Gasteiger charge is 2.38. The molecule has 228 valence electrons. The number of rotatable bonds is 5. The van der Waals surface area contributed by atoms with Crippen LogP contribution in [0.15, 0.2) is 42.7 Å². The molecular weight excluding hydrogens is 614 g/mol. The number of imide groups is 1. The van der Waals surface area contributed by atoms with Crippen molar-refractivity contribution in [2.45, 2.75) is 37.8 Å². The third-order valence-electron chi connectivity index (χ3n) is 7.32. The van der Waals surface area contributed by atoms with Crippen LogP contribution in [0.1, 0.15) is 17.7 Å². The lowest BCUT2D eigenvalue weighted by molar-refractivity contribution is -0.192. The molecule has 0 spiro atoms. The van der Waals surface area contributed by atoms with Crippen LogP contribution in [-0.2, 0) is 22.7 Å². The van der Waals surface area contributed by atoms with E-state index in [1.165, 1.54) is 21.1 Å². The van der Waals surface area contributed by atoms with Crippen molar-refractivity contribution in [3.05, 3.63) is 52.6 Å². The third kappa shape index (κ3) is 6.45. The molecule has 2 N–H and O–H groups in total. The molecule has 0 aliphatic carbocycles. The number of piperidine rings is 1. The number of aliphatic carboxylic acids is 1. The Morgan fingerprint density at radius 2 is 1.86 bits per heavy atom. The van der Waals surface area contributed by atoms with Gasteiger partial charge in [0.05, 0.1) is 28.8 Å². The number of aromatic nitrogens is 2. The number of urea groups is 1. The zero-order valence-corrected chi connectivity index (χ0v) is 24.3. The number of amides is 3. The maximum Gasteiger partial charge on any atom is 0.490 e. The number of fused-ring (bicyclic) bond motifs is 2. The third-order valence-corrected chi connectivity index (χ3v) is 8.68. The van der Waals surface area contributed by atoms with E-state index in [1.54, 1.807) is 13.2 Å². The lowest BCUT2D eigenvalue weighted by atomic mass is 9.94. The number of carboxylic acids is 1. The smallest absolute Gasteiger partial charge is 0.475 e. The summed E-state index contributed by atoms with van der Waals surface area (Å²) >= 11 is 8.03. The molecule has 5 heterocycles. The molecule has 2 saturated heterocycles. The second-order valence-electron chi connectivity index (χ2n) is 10.4. The Morgan fingerprint density at radius 3 is 2.49 bits per heavy atom. The molecule has 2 aliphatic heterocycles. The molecule has 9 nitrogen and oxygen atoms in total. The second kappa shape index (κ2) is 11.7. The van der Waals surface area contributed by atoms with Gasteiger partial charge in [0.2, 0.25) is 0 Å². The number of halogens is 5. The number of pyridine rings is 1. The monoisotopic (exact) mass is 639 g/mol. The number of hydrogen-bond acceptors (Lipinski definition) is 6.